The van der Waals surface area contributed by atoms with E-state index in [9.17, 15) is 4.79 Å². The Balaban J connectivity index is 3.92. The van der Waals surface area contributed by atoms with E-state index in [-0.39, 0.29) is 5.76 Å². The van der Waals surface area contributed by atoms with Crippen LogP contribution in [0.2, 0.25) is 0 Å². The maximum Gasteiger partial charge on any atom is 0.372 e. The van der Waals surface area contributed by atoms with E-state index in [1.54, 1.807) is 0 Å². The fraction of sp³-hybridized carbons (Fsp3) is 0.250. The summed E-state index contributed by atoms with van der Waals surface area (Å²) < 4.78 is 4.29. The summed E-state index contributed by atoms with van der Waals surface area (Å²) in [7, 11) is 1.24. The Bertz CT molecular complexity index is 118. The van der Waals surface area contributed by atoms with E-state index in [2.05, 4.69) is 4.74 Å². The summed E-state index contributed by atoms with van der Waals surface area (Å²) in [6, 6.07) is 0. The molecule has 0 aromatic carbocycles. The van der Waals surface area contributed by atoms with E-state index in [0.29, 0.717) is 0 Å². The number of rotatable bonds is 2. The maximum absolute atomic E-state index is 9.88. The average Bonchev–Trinajstić information content (AvgIpc) is 1.69. The van der Waals surface area contributed by atoms with E-state index in [4.69, 9.17) is 16.7 Å². The molecule has 0 aliphatic heterocycles. The van der Waals surface area contributed by atoms with Crippen LogP contribution in [0.5, 0.6) is 0 Å². The second-order valence-electron chi connectivity index (χ2n) is 0.983. The van der Waals surface area contributed by atoms with Crippen molar-refractivity contribution < 1.29 is 14.6 Å². The van der Waals surface area contributed by atoms with E-state index < -0.39 is 5.97 Å². The van der Waals surface area contributed by atoms with Gasteiger partial charge in [-0.1, -0.05) is 11.6 Å². The molecular weight excluding hydrogens is 131 g/mol. The fourth-order valence-corrected chi connectivity index (χ4v) is 0.361. The summed E-state index contributed by atoms with van der Waals surface area (Å²) >= 11 is 4.99. The number of methoxy groups -OCH3 is 1. The monoisotopic (exact) mass is 136 g/mol. The Labute approximate surface area is 51.5 Å². The Morgan fingerprint density at radius 2 is 2.38 bits per heavy atom. The number of carbonyl (C=O) groups is 1. The summed E-state index contributed by atoms with van der Waals surface area (Å²) in [5.74, 6) is -1.42. The van der Waals surface area contributed by atoms with Crippen LogP contribution in [0.4, 0.5) is 0 Å². The first-order chi connectivity index (χ1) is 3.72. The van der Waals surface area contributed by atoms with Crippen molar-refractivity contribution in [1.29, 1.82) is 0 Å². The highest BCUT2D eigenvalue weighted by atomic mass is 35.5. The molecule has 0 amide bonds. The van der Waals surface area contributed by atoms with E-state index in [0.717, 1.165) is 5.54 Å². The molecule has 0 unspecified atom stereocenters. The highest BCUT2D eigenvalue weighted by molar-refractivity contribution is 6.27. The van der Waals surface area contributed by atoms with Crippen molar-refractivity contribution in [2.45, 2.75) is 0 Å². The molecular formula is C4H5ClO3. The Morgan fingerprint density at radius 3 is 2.38 bits per heavy atom. The van der Waals surface area contributed by atoms with Gasteiger partial charge >= 0.3 is 5.97 Å². The average molecular weight is 137 g/mol. The topological polar surface area (TPSA) is 46.5 Å². The van der Waals surface area contributed by atoms with Gasteiger partial charge in [0.25, 0.3) is 0 Å². The molecule has 0 atom stereocenters. The van der Waals surface area contributed by atoms with Crippen LogP contribution in [-0.4, -0.2) is 18.2 Å². The fourth-order valence-electron chi connectivity index (χ4n) is 0.179. The second kappa shape index (κ2) is 3.32. The molecule has 0 aromatic rings. The minimum absolute atomic E-state index is 0.258. The van der Waals surface area contributed by atoms with Gasteiger partial charge in [-0.25, -0.2) is 4.79 Å². The molecule has 0 aromatic heterocycles. The molecule has 0 spiro atoms. The van der Waals surface area contributed by atoms with Crippen LogP contribution in [0, 0.1) is 0 Å². The Hall–Kier alpha value is -0.700. The van der Waals surface area contributed by atoms with Crippen molar-refractivity contribution >= 4 is 17.6 Å². The van der Waals surface area contributed by atoms with Crippen molar-refractivity contribution in [1.82, 2.24) is 0 Å². The molecule has 0 bridgehead atoms. The van der Waals surface area contributed by atoms with Crippen molar-refractivity contribution in [3.63, 3.8) is 0 Å². The summed E-state index contributed by atoms with van der Waals surface area (Å²) in [4.78, 5) is 9.88. The number of aliphatic carboxylic acids is 1. The standard InChI is InChI=1S/C4H5ClO3/c1-8-3(2-5)4(6)7/h2H,1H3,(H,6,7)/b3-2+. The first-order valence-electron chi connectivity index (χ1n) is 1.80. The summed E-state index contributed by atoms with van der Waals surface area (Å²) in [6.07, 6.45) is 0. The van der Waals surface area contributed by atoms with Gasteiger partial charge in [-0.2, -0.15) is 0 Å². The minimum atomic E-state index is -1.16. The molecule has 0 rings (SSSR count). The van der Waals surface area contributed by atoms with Gasteiger partial charge in [0.1, 0.15) is 0 Å². The van der Waals surface area contributed by atoms with Crippen LogP contribution in [-0.2, 0) is 9.53 Å². The van der Waals surface area contributed by atoms with Gasteiger partial charge in [0.15, 0.2) is 0 Å². The van der Waals surface area contributed by atoms with Crippen LogP contribution in [0.25, 0.3) is 0 Å². The molecule has 0 heterocycles. The van der Waals surface area contributed by atoms with Crippen LogP contribution in [0.1, 0.15) is 0 Å². The first kappa shape index (κ1) is 7.30. The third-order valence-electron chi connectivity index (χ3n) is 0.530. The van der Waals surface area contributed by atoms with Gasteiger partial charge in [0.2, 0.25) is 5.76 Å². The highest BCUT2D eigenvalue weighted by Crippen LogP contribution is 1.95. The third-order valence-corrected chi connectivity index (χ3v) is 0.728. The first-order valence-corrected chi connectivity index (χ1v) is 2.23. The molecule has 0 saturated carbocycles. The molecule has 0 fully saturated rings. The van der Waals surface area contributed by atoms with Crippen molar-refractivity contribution in [2.24, 2.45) is 0 Å². The van der Waals surface area contributed by atoms with E-state index in [1.807, 2.05) is 0 Å². The lowest BCUT2D eigenvalue weighted by atomic mass is 10.6. The van der Waals surface area contributed by atoms with E-state index >= 15 is 0 Å². The third kappa shape index (κ3) is 1.84. The molecule has 3 nitrogen and oxygen atoms in total. The lowest BCUT2D eigenvalue weighted by Crippen LogP contribution is -2.00. The lowest BCUT2D eigenvalue weighted by Gasteiger charge is -1.93. The molecule has 0 radical (unpaired) electrons. The van der Waals surface area contributed by atoms with E-state index in [1.165, 1.54) is 7.11 Å². The predicted molar refractivity (Wildman–Crippen MR) is 28.6 cm³/mol. The predicted octanol–water partition coefficient (Wildman–Crippen LogP) is 0.798. The molecule has 8 heavy (non-hydrogen) atoms. The molecule has 4 heteroatoms. The zero-order valence-electron chi connectivity index (χ0n) is 4.22. The number of halogens is 1. The van der Waals surface area contributed by atoms with Crippen molar-refractivity contribution in [2.75, 3.05) is 7.11 Å². The van der Waals surface area contributed by atoms with Gasteiger partial charge in [-0.3, -0.25) is 0 Å². The normalized spacial score (nSPS) is 11.0. The largest absolute Gasteiger partial charge is 0.489 e. The number of carboxylic acid groups (broad SMARTS) is 1. The quantitative estimate of drug-likeness (QED) is 0.451. The molecule has 0 aliphatic carbocycles. The SMILES string of the molecule is CO/C(=C/Cl)C(=O)O. The van der Waals surface area contributed by atoms with Gasteiger partial charge < -0.3 is 9.84 Å². The van der Waals surface area contributed by atoms with Gasteiger partial charge in [0.05, 0.1) is 12.6 Å². The maximum atomic E-state index is 9.88. The number of ether oxygens (including phenoxy) is 1. The van der Waals surface area contributed by atoms with Crippen molar-refractivity contribution in [3.05, 3.63) is 11.3 Å². The van der Waals surface area contributed by atoms with Crippen LogP contribution in [0.3, 0.4) is 0 Å². The summed E-state index contributed by atoms with van der Waals surface area (Å²) in [5, 5.41) is 8.10. The molecule has 0 saturated heterocycles. The summed E-state index contributed by atoms with van der Waals surface area (Å²) in [5.41, 5.74) is 0.863. The zero-order chi connectivity index (χ0) is 6.57. The van der Waals surface area contributed by atoms with Gasteiger partial charge in [0, 0.05) is 0 Å². The highest BCUT2D eigenvalue weighted by Gasteiger charge is 2.03. The lowest BCUT2D eigenvalue weighted by molar-refractivity contribution is -0.136. The number of hydrogen-bond donors (Lipinski definition) is 1. The second-order valence-corrected chi connectivity index (χ2v) is 1.20. The van der Waals surface area contributed by atoms with Gasteiger partial charge in [-0.05, 0) is 0 Å². The van der Waals surface area contributed by atoms with Crippen LogP contribution in [0.15, 0.2) is 11.3 Å². The van der Waals surface area contributed by atoms with Gasteiger partial charge in [-0.15, -0.1) is 0 Å². The summed E-state index contributed by atoms with van der Waals surface area (Å²) in [6.45, 7) is 0. The molecule has 1 N–H and O–H groups in total. The minimum Gasteiger partial charge on any atom is -0.489 e. The Morgan fingerprint density at radius 1 is 1.88 bits per heavy atom. The molecule has 0 aliphatic rings. The Kier molecular flexibility index (Phi) is 3.03. The number of carboxylic acids is 1. The smallest absolute Gasteiger partial charge is 0.372 e. The zero-order valence-corrected chi connectivity index (χ0v) is 4.97. The molecule has 46 valence electrons. The van der Waals surface area contributed by atoms with Crippen LogP contribution >= 0.6 is 11.6 Å². The van der Waals surface area contributed by atoms with Crippen LogP contribution < -0.4 is 0 Å². The number of hydrogen-bond acceptors (Lipinski definition) is 2. The van der Waals surface area contributed by atoms with Crippen molar-refractivity contribution in [3.8, 4) is 0 Å².